The minimum atomic E-state index is -0.257. The number of carbonyl (C=O) groups is 1. The number of hydrogen-bond donors (Lipinski definition) is 2. The number of nitrogen functional groups attached to an aromatic ring is 1. The lowest BCUT2D eigenvalue weighted by molar-refractivity contribution is 0.0954. The molecule has 1 amide bonds. The second-order valence-electron chi connectivity index (χ2n) is 4.24. The molecule has 0 aliphatic carbocycles. The van der Waals surface area contributed by atoms with Gasteiger partial charge < -0.3 is 5.73 Å². The molecule has 5 heteroatoms. The average Bonchev–Trinajstić information content (AvgIpc) is 2.45. The van der Waals surface area contributed by atoms with Gasteiger partial charge in [-0.2, -0.15) is 5.10 Å². The van der Waals surface area contributed by atoms with Crippen LogP contribution in [0.5, 0.6) is 0 Å². The predicted molar refractivity (Wildman–Crippen MR) is 84.7 cm³/mol. The van der Waals surface area contributed by atoms with Crippen molar-refractivity contribution >= 4 is 33.2 Å². The average molecular weight is 332 g/mol. The maximum Gasteiger partial charge on any atom is 0.272 e. The smallest absolute Gasteiger partial charge is 0.272 e. The normalized spacial score (nSPS) is 11.2. The summed E-state index contributed by atoms with van der Waals surface area (Å²) in [6.45, 7) is 1.83. The Morgan fingerprint density at radius 3 is 2.45 bits per heavy atom. The topological polar surface area (TPSA) is 67.5 Å². The third-order valence-electron chi connectivity index (χ3n) is 2.77. The first kappa shape index (κ1) is 14.3. The lowest BCUT2D eigenvalue weighted by Gasteiger charge is -2.04. The Hall–Kier alpha value is -2.14. The largest absolute Gasteiger partial charge is 0.399 e. The van der Waals surface area contributed by atoms with E-state index < -0.39 is 0 Å². The van der Waals surface area contributed by atoms with Crippen LogP contribution in [0.2, 0.25) is 0 Å². The number of benzene rings is 2. The zero-order chi connectivity index (χ0) is 14.5. The Balaban J connectivity index is 2.11. The number of halogens is 1. The summed E-state index contributed by atoms with van der Waals surface area (Å²) < 4.78 is 0.734. The molecule has 2 rings (SSSR count). The van der Waals surface area contributed by atoms with Crippen molar-refractivity contribution in [1.29, 1.82) is 0 Å². The van der Waals surface area contributed by atoms with E-state index in [0.717, 1.165) is 10.0 Å². The van der Waals surface area contributed by atoms with Gasteiger partial charge in [-0.1, -0.05) is 24.3 Å². The van der Waals surface area contributed by atoms with Crippen molar-refractivity contribution in [3.8, 4) is 0 Å². The summed E-state index contributed by atoms with van der Waals surface area (Å²) in [5.74, 6) is -0.257. The van der Waals surface area contributed by atoms with Crippen LogP contribution in [0, 0.1) is 0 Å². The zero-order valence-electron chi connectivity index (χ0n) is 10.9. The molecule has 102 valence electrons. The fourth-order valence-corrected chi connectivity index (χ4v) is 2.09. The highest BCUT2D eigenvalue weighted by molar-refractivity contribution is 9.10. The predicted octanol–water partition coefficient (Wildman–Crippen LogP) is 3.19. The highest BCUT2D eigenvalue weighted by atomic mass is 79.9. The van der Waals surface area contributed by atoms with E-state index in [2.05, 4.69) is 26.5 Å². The summed E-state index contributed by atoms with van der Waals surface area (Å²) in [7, 11) is 0. The first-order valence-electron chi connectivity index (χ1n) is 6.03. The molecule has 0 aliphatic heterocycles. The quantitative estimate of drug-likeness (QED) is 0.515. The summed E-state index contributed by atoms with van der Waals surface area (Å²) in [5, 5.41) is 4.10. The van der Waals surface area contributed by atoms with Gasteiger partial charge in [0.1, 0.15) is 0 Å². The van der Waals surface area contributed by atoms with Gasteiger partial charge in [-0.05, 0) is 52.7 Å². The Labute approximate surface area is 125 Å². The first-order valence-corrected chi connectivity index (χ1v) is 6.82. The third-order valence-corrected chi connectivity index (χ3v) is 3.46. The maximum absolute atomic E-state index is 12.0. The van der Waals surface area contributed by atoms with Gasteiger partial charge in [0.05, 0.1) is 11.3 Å². The van der Waals surface area contributed by atoms with E-state index in [0.29, 0.717) is 17.0 Å². The van der Waals surface area contributed by atoms with E-state index in [4.69, 9.17) is 5.73 Å². The summed E-state index contributed by atoms with van der Waals surface area (Å²) >= 11 is 3.33. The molecule has 0 fully saturated rings. The van der Waals surface area contributed by atoms with Gasteiger partial charge in [0.2, 0.25) is 0 Å². The molecule has 0 unspecified atom stereocenters. The Morgan fingerprint density at radius 1 is 1.15 bits per heavy atom. The maximum atomic E-state index is 12.0. The molecule has 2 aromatic carbocycles. The van der Waals surface area contributed by atoms with Gasteiger partial charge in [-0.3, -0.25) is 4.79 Å². The highest BCUT2D eigenvalue weighted by Gasteiger charge is 2.08. The molecule has 20 heavy (non-hydrogen) atoms. The van der Waals surface area contributed by atoms with E-state index >= 15 is 0 Å². The number of hydrazone groups is 1. The Bertz CT molecular complexity index is 650. The Morgan fingerprint density at radius 2 is 1.80 bits per heavy atom. The van der Waals surface area contributed by atoms with Gasteiger partial charge in [0.25, 0.3) is 5.91 Å². The van der Waals surface area contributed by atoms with Crippen LogP contribution in [0.1, 0.15) is 22.8 Å². The van der Waals surface area contributed by atoms with Crippen LogP contribution in [0.25, 0.3) is 0 Å². The standard InChI is InChI=1S/C15H14BrN3O/c1-10(11-6-8-12(17)9-7-11)18-19-15(20)13-4-2-3-5-14(13)16/h2-9H,17H2,1H3,(H,19,20)/b18-10+. The van der Waals surface area contributed by atoms with Crippen molar-refractivity contribution in [1.82, 2.24) is 5.43 Å². The lowest BCUT2D eigenvalue weighted by Crippen LogP contribution is -2.19. The summed E-state index contributed by atoms with van der Waals surface area (Å²) in [6.07, 6.45) is 0. The summed E-state index contributed by atoms with van der Waals surface area (Å²) in [5.41, 5.74) is 11.0. The van der Waals surface area contributed by atoms with Crippen molar-refractivity contribution in [2.75, 3.05) is 5.73 Å². The number of amides is 1. The van der Waals surface area contributed by atoms with E-state index in [9.17, 15) is 4.79 Å². The SMILES string of the molecule is C/C(=N\NC(=O)c1ccccc1Br)c1ccc(N)cc1. The van der Waals surface area contributed by atoms with Gasteiger partial charge in [-0.15, -0.1) is 0 Å². The van der Waals surface area contributed by atoms with Crippen LogP contribution in [-0.4, -0.2) is 11.6 Å². The fourth-order valence-electron chi connectivity index (χ4n) is 1.63. The van der Waals surface area contributed by atoms with E-state index in [1.54, 1.807) is 24.3 Å². The monoisotopic (exact) mass is 331 g/mol. The number of nitrogens with one attached hydrogen (secondary N) is 1. The molecule has 4 nitrogen and oxygen atoms in total. The van der Waals surface area contributed by atoms with Gasteiger partial charge in [0.15, 0.2) is 0 Å². The van der Waals surface area contributed by atoms with Crippen molar-refractivity contribution in [2.24, 2.45) is 5.10 Å². The molecular weight excluding hydrogens is 318 g/mol. The summed E-state index contributed by atoms with van der Waals surface area (Å²) in [4.78, 5) is 12.0. The van der Waals surface area contributed by atoms with Crippen LogP contribution in [0.3, 0.4) is 0 Å². The number of nitrogens with two attached hydrogens (primary N) is 1. The molecule has 0 saturated heterocycles. The van der Waals surface area contributed by atoms with Crippen molar-refractivity contribution < 1.29 is 4.79 Å². The van der Waals surface area contributed by atoms with E-state index in [1.165, 1.54) is 0 Å². The van der Waals surface area contributed by atoms with Crippen molar-refractivity contribution in [3.05, 3.63) is 64.1 Å². The van der Waals surface area contributed by atoms with Gasteiger partial charge in [0, 0.05) is 10.2 Å². The minimum absolute atomic E-state index is 0.257. The molecule has 0 spiro atoms. The molecule has 0 aliphatic rings. The van der Waals surface area contributed by atoms with E-state index in [1.807, 2.05) is 31.2 Å². The molecule has 3 N–H and O–H groups in total. The number of anilines is 1. The highest BCUT2D eigenvalue weighted by Crippen LogP contribution is 2.15. The fraction of sp³-hybridized carbons (Fsp3) is 0.0667. The molecule has 0 bridgehead atoms. The van der Waals surface area contributed by atoms with Crippen LogP contribution in [0.15, 0.2) is 58.1 Å². The second-order valence-corrected chi connectivity index (χ2v) is 5.09. The number of hydrogen-bond acceptors (Lipinski definition) is 3. The molecule has 0 heterocycles. The zero-order valence-corrected chi connectivity index (χ0v) is 12.5. The van der Waals surface area contributed by atoms with Gasteiger partial charge >= 0.3 is 0 Å². The molecule has 2 aromatic rings. The molecular formula is C15H14BrN3O. The van der Waals surface area contributed by atoms with Crippen LogP contribution in [0.4, 0.5) is 5.69 Å². The molecule has 0 atom stereocenters. The minimum Gasteiger partial charge on any atom is -0.399 e. The second kappa shape index (κ2) is 6.34. The van der Waals surface area contributed by atoms with Crippen molar-refractivity contribution in [2.45, 2.75) is 6.92 Å². The van der Waals surface area contributed by atoms with Crippen LogP contribution >= 0.6 is 15.9 Å². The van der Waals surface area contributed by atoms with Crippen molar-refractivity contribution in [3.63, 3.8) is 0 Å². The van der Waals surface area contributed by atoms with E-state index in [-0.39, 0.29) is 5.91 Å². The van der Waals surface area contributed by atoms with Crippen LogP contribution in [-0.2, 0) is 0 Å². The molecule has 0 saturated carbocycles. The van der Waals surface area contributed by atoms with Gasteiger partial charge in [-0.25, -0.2) is 5.43 Å². The number of nitrogens with zero attached hydrogens (tertiary/aromatic N) is 1. The number of rotatable bonds is 3. The molecule has 0 aromatic heterocycles. The molecule has 0 radical (unpaired) electrons. The third kappa shape index (κ3) is 3.45. The Kier molecular flexibility index (Phi) is 4.53. The lowest BCUT2D eigenvalue weighted by atomic mass is 10.1. The first-order chi connectivity index (χ1) is 9.58. The van der Waals surface area contributed by atoms with Crippen LogP contribution < -0.4 is 11.2 Å². The summed E-state index contributed by atoms with van der Waals surface area (Å²) in [6, 6.07) is 14.5. The number of carbonyl (C=O) groups excluding carboxylic acids is 1.